The number of hydrogen-bond donors (Lipinski definition) is 1. The molecule has 0 bridgehead atoms. The van der Waals surface area contributed by atoms with Crippen LogP contribution in [-0.4, -0.2) is 12.0 Å². The standard InChI is InChI=1S/C9H10N2S.C4H8/c1-6-3-4-7-8(5-6)12-9(10-2)11-7;1-3-4-2/h3-5H,1-2H3,(H,10,11);3H,1,4H2,2H3. The number of benzene rings is 1. The van der Waals surface area contributed by atoms with Crippen molar-refractivity contribution in [3.8, 4) is 0 Å². The smallest absolute Gasteiger partial charge is 0.183 e. The molecule has 0 atom stereocenters. The summed E-state index contributed by atoms with van der Waals surface area (Å²) in [5.74, 6) is 0. The summed E-state index contributed by atoms with van der Waals surface area (Å²) < 4.78 is 1.25. The van der Waals surface area contributed by atoms with Gasteiger partial charge in [0.15, 0.2) is 5.13 Å². The van der Waals surface area contributed by atoms with Crippen LogP contribution in [0.5, 0.6) is 0 Å². The van der Waals surface area contributed by atoms with Crippen LogP contribution in [0.1, 0.15) is 18.9 Å². The SMILES string of the molecule is C=CCC.CNc1nc2ccc(C)cc2s1. The molecule has 0 aliphatic carbocycles. The molecule has 0 aliphatic rings. The van der Waals surface area contributed by atoms with Gasteiger partial charge in [-0.3, -0.25) is 0 Å². The summed E-state index contributed by atoms with van der Waals surface area (Å²) in [6.45, 7) is 7.64. The lowest BCUT2D eigenvalue weighted by molar-refractivity contribution is 1.23. The molecular formula is C13H18N2S. The zero-order valence-corrected chi connectivity index (χ0v) is 10.9. The molecule has 0 aliphatic heterocycles. The largest absolute Gasteiger partial charge is 0.365 e. The molecule has 1 heterocycles. The fourth-order valence-electron chi connectivity index (χ4n) is 1.14. The molecule has 0 saturated carbocycles. The summed E-state index contributed by atoms with van der Waals surface area (Å²) in [4.78, 5) is 4.38. The van der Waals surface area contributed by atoms with E-state index in [2.05, 4.69) is 48.9 Å². The second-order valence-electron chi connectivity index (χ2n) is 3.44. The number of nitrogens with zero attached hydrogens (tertiary/aromatic N) is 1. The molecule has 0 amide bonds. The van der Waals surface area contributed by atoms with Crippen LogP contribution in [0.4, 0.5) is 5.13 Å². The van der Waals surface area contributed by atoms with Crippen molar-refractivity contribution in [3.05, 3.63) is 36.4 Å². The van der Waals surface area contributed by atoms with Crippen molar-refractivity contribution >= 4 is 26.7 Å². The third-order valence-electron chi connectivity index (χ3n) is 2.05. The fourth-order valence-corrected chi connectivity index (χ4v) is 2.06. The molecule has 0 saturated heterocycles. The lowest BCUT2D eigenvalue weighted by Gasteiger charge is -1.88. The molecule has 0 unspecified atom stereocenters. The number of thiazole rings is 1. The number of fused-ring (bicyclic) bond motifs is 1. The van der Waals surface area contributed by atoms with Crippen LogP contribution < -0.4 is 5.32 Å². The van der Waals surface area contributed by atoms with E-state index in [9.17, 15) is 0 Å². The summed E-state index contributed by atoms with van der Waals surface area (Å²) in [5, 5.41) is 4.03. The van der Waals surface area contributed by atoms with Gasteiger partial charge in [0.25, 0.3) is 0 Å². The molecular weight excluding hydrogens is 216 g/mol. The van der Waals surface area contributed by atoms with Crippen LogP contribution in [0.3, 0.4) is 0 Å². The van der Waals surface area contributed by atoms with Gasteiger partial charge >= 0.3 is 0 Å². The first-order valence-corrected chi connectivity index (χ1v) is 6.18. The van der Waals surface area contributed by atoms with Crippen molar-refractivity contribution in [3.63, 3.8) is 0 Å². The van der Waals surface area contributed by atoms with E-state index < -0.39 is 0 Å². The van der Waals surface area contributed by atoms with Gasteiger partial charge in [0, 0.05) is 7.05 Å². The quantitative estimate of drug-likeness (QED) is 0.787. The monoisotopic (exact) mass is 234 g/mol. The highest BCUT2D eigenvalue weighted by Crippen LogP contribution is 2.25. The van der Waals surface area contributed by atoms with Gasteiger partial charge in [-0.25, -0.2) is 4.98 Å². The first kappa shape index (κ1) is 12.7. The Morgan fingerprint density at radius 3 is 2.75 bits per heavy atom. The van der Waals surface area contributed by atoms with E-state index in [1.54, 1.807) is 11.3 Å². The summed E-state index contributed by atoms with van der Waals surface area (Å²) >= 11 is 1.69. The van der Waals surface area contributed by atoms with Gasteiger partial charge in [-0.2, -0.15) is 0 Å². The Morgan fingerprint density at radius 2 is 2.19 bits per heavy atom. The second kappa shape index (κ2) is 6.28. The van der Waals surface area contributed by atoms with Crippen LogP contribution >= 0.6 is 11.3 Å². The summed E-state index contributed by atoms with van der Waals surface area (Å²) in [6, 6.07) is 6.30. The predicted octanol–water partition coefficient (Wildman–Crippen LogP) is 4.23. The average molecular weight is 234 g/mol. The van der Waals surface area contributed by atoms with Crippen molar-refractivity contribution in [1.29, 1.82) is 0 Å². The van der Waals surface area contributed by atoms with E-state index in [1.165, 1.54) is 10.3 Å². The average Bonchev–Trinajstić information content (AvgIpc) is 2.71. The highest BCUT2D eigenvalue weighted by atomic mass is 32.1. The van der Waals surface area contributed by atoms with Crippen molar-refractivity contribution < 1.29 is 0 Å². The maximum atomic E-state index is 4.38. The van der Waals surface area contributed by atoms with Gasteiger partial charge in [-0.05, 0) is 31.0 Å². The van der Waals surface area contributed by atoms with E-state index in [0.29, 0.717) is 0 Å². The number of hydrogen-bond acceptors (Lipinski definition) is 3. The van der Waals surface area contributed by atoms with Gasteiger partial charge in [0.2, 0.25) is 0 Å². The molecule has 1 N–H and O–H groups in total. The van der Waals surface area contributed by atoms with Crippen LogP contribution in [0.25, 0.3) is 10.2 Å². The first-order chi connectivity index (χ1) is 7.71. The van der Waals surface area contributed by atoms with Crippen molar-refractivity contribution in [2.75, 3.05) is 12.4 Å². The summed E-state index contributed by atoms with van der Waals surface area (Å²) in [7, 11) is 1.89. The number of aryl methyl sites for hydroxylation is 1. The number of allylic oxidation sites excluding steroid dienone is 1. The minimum absolute atomic E-state index is 0.982. The number of aromatic nitrogens is 1. The topological polar surface area (TPSA) is 24.9 Å². The highest BCUT2D eigenvalue weighted by Gasteiger charge is 2.00. The van der Waals surface area contributed by atoms with Gasteiger partial charge in [0.1, 0.15) is 0 Å². The maximum Gasteiger partial charge on any atom is 0.183 e. The Hall–Kier alpha value is -1.35. The molecule has 1 aromatic carbocycles. The fraction of sp³-hybridized carbons (Fsp3) is 0.308. The third kappa shape index (κ3) is 3.35. The minimum atomic E-state index is 0.982. The molecule has 2 nitrogen and oxygen atoms in total. The first-order valence-electron chi connectivity index (χ1n) is 5.37. The van der Waals surface area contributed by atoms with Gasteiger partial charge in [-0.1, -0.05) is 30.4 Å². The normalized spacial score (nSPS) is 9.44. The van der Waals surface area contributed by atoms with Gasteiger partial charge < -0.3 is 5.32 Å². The van der Waals surface area contributed by atoms with E-state index in [-0.39, 0.29) is 0 Å². The summed E-state index contributed by atoms with van der Waals surface area (Å²) in [5.41, 5.74) is 2.36. The molecule has 0 radical (unpaired) electrons. The van der Waals surface area contributed by atoms with Crippen molar-refractivity contribution in [2.45, 2.75) is 20.3 Å². The van der Waals surface area contributed by atoms with Crippen LogP contribution in [0.15, 0.2) is 30.9 Å². The van der Waals surface area contributed by atoms with Crippen LogP contribution in [0.2, 0.25) is 0 Å². The Balaban J connectivity index is 0.000000280. The minimum Gasteiger partial charge on any atom is -0.365 e. The van der Waals surface area contributed by atoms with E-state index >= 15 is 0 Å². The van der Waals surface area contributed by atoms with E-state index in [1.807, 2.05) is 13.1 Å². The number of rotatable bonds is 2. The van der Waals surface area contributed by atoms with Gasteiger partial charge in [0.05, 0.1) is 10.2 Å². The Morgan fingerprint density at radius 1 is 1.50 bits per heavy atom. The van der Waals surface area contributed by atoms with Crippen molar-refractivity contribution in [1.82, 2.24) is 4.98 Å². The van der Waals surface area contributed by atoms with Crippen LogP contribution in [-0.2, 0) is 0 Å². The number of anilines is 1. The predicted molar refractivity (Wildman–Crippen MR) is 74.4 cm³/mol. The molecule has 1 aromatic heterocycles. The maximum absolute atomic E-state index is 4.38. The lowest BCUT2D eigenvalue weighted by Crippen LogP contribution is -1.83. The van der Waals surface area contributed by atoms with Crippen molar-refractivity contribution in [2.24, 2.45) is 0 Å². The number of nitrogens with one attached hydrogen (secondary N) is 1. The molecule has 0 fully saturated rings. The molecule has 86 valence electrons. The zero-order valence-electron chi connectivity index (χ0n) is 10.1. The Bertz CT molecular complexity index is 460. The molecule has 2 aromatic rings. The van der Waals surface area contributed by atoms with Crippen LogP contribution in [0, 0.1) is 6.92 Å². The second-order valence-corrected chi connectivity index (χ2v) is 4.47. The third-order valence-corrected chi connectivity index (χ3v) is 3.08. The lowest BCUT2D eigenvalue weighted by atomic mass is 10.2. The molecule has 3 heteroatoms. The molecule has 0 spiro atoms. The van der Waals surface area contributed by atoms with Gasteiger partial charge in [-0.15, -0.1) is 6.58 Å². The Kier molecular flexibility index (Phi) is 4.99. The molecule has 2 rings (SSSR count). The molecule has 16 heavy (non-hydrogen) atoms. The van der Waals surface area contributed by atoms with E-state index in [0.717, 1.165) is 17.1 Å². The van der Waals surface area contributed by atoms with E-state index in [4.69, 9.17) is 0 Å². The Labute approximate surface area is 101 Å². The zero-order chi connectivity index (χ0) is 12.0. The summed E-state index contributed by atoms with van der Waals surface area (Å²) in [6.07, 6.45) is 2.96. The highest BCUT2D eigenvalue weighted by molar-refractivity contribution is 7.22.